The summed E-state index contributed by atoms with van der Waals surface area (Å²) >= 11 is 1.31. The standard InChI is InChI=1S/C23H21N3O3S/c1-3-19(29-20-10-6-8-15-7-4-5-9-18(15)20)21(27)24-23-26-25-22(30-23)16-11-13-17(28-2)14-12-16/h4-14,19H,3H2,1-2H3,(H,24,26,27). The first kappa shape index (κ1) is 19.8. The fraction of sp³-hybridized carbons (Fsp3) is 0.174. The summed E-state index contributed by atoms with van der Waals surface area (Å²) in [5.74, 6) is 1.21. The Kier molecular flexibility index (Phi) is 5.90. The first-order chi connectivity index (χ1) is 14.7. The summed E-state index contributed by atoms with van der Waals surface area (Å²) in [6.45, 7) is 1.91. The van der Waals surface area contributed by atoms with E-state index in [1.165, 1.54) is 11.3 Å². The normalized spacial score (nSPS) is 11.8. The van der Waals surface area contributed by atoms with E-state index in [4.69, 9.17) is 9.47 Å². The van der Waals surface area contributed by atoms with Gasteiger partial charge in [0, 0.05) is 10.9 Å². The second-order valence-electron chi connectivity index (χ2n) is 6.62. The smallest absolute Gasteiger partial charge is 0.267 e. The number of hydrogen-bond donors (Lipinski definition) is 1. The molecule has 3 aromatic carbocycles. The lowest BCUT2D eigenvalue weighted by atomic mass is 10.1. The number of fused-ring (bicyclic) bond motifs is 1. The number of benzene rings is 3. The summed E-state index contributed by atoms with van der Waals surface area (Å²) in [6, 6.07) is 21.3. The summed E-state index contributed by atoms with van der Waals surface area (Å²) < 4.78 is 11.2. The first-order valence-electron chi connectivity index (χ1n) is 9.61. The van der Waals surface area contributed by atoms with Crippen LogP contribution < -0.4 is 14.8 Å². The molecule has 1 amide bonds. The van der Waals surface area contributed by atoms with Gasteiger partial charge in [0.2, 0.25) is 5.13 Å². The predicted octanol–water partition coefficient (Wildman–Crippen LogP) is 5.16. The second kappa shape index (κ2) is 8.92. The van der Waals surface area contributed by atoms with Crippen LogP contribution in [-0.4, -0.2) is 29.3 Å². The minimum atomic E-state index is -0.635. The van der Waals surface area contributed by atoms with Crippen LogP contribution in [0.25, 0.3) is 21.3 Å². The average molecular weight is 420 g/mol. The largest absolute Gasteiger partial charge is 0.497 e. The fourth-order valence-electron chi connectivity index (χ4n) is 3.08. The average Bonchev–Trinajstić information content (AvgIpc) is 3.26. The highest BCUT2D eigenvalue weighted by Gasteiger charge is 2.21. The first-order valence-corrected chi connectivity index (χ1v) is 10.4. The minimum Gasteiger partial charge on any atom is -0.497 e. The highest BCUT2D eigenvalue weighted by molar-refractivity contribution is 7.18. The van der Waals surface area contributed by atoms with Crippen LogP contribution in [0.15, 0.2) is 66.7 Å². The van der Waals surface area contributed by atoms with Gasteiger partial charge in [-0.1, -0.05) is 54.7 Å². The van der Waals surface area contributed by atoms with Gasteiger partial charge >= 0.3 is 0 Å². The van der Waals surface area contributed by atoms with Crippen molar-refractivity contribution < 1.29 is 14.3 Å². The second-order valence-corrected chi connectivity index (χ2v) is 7.60. The van der Waals surface area contributed by atoms with Gasteiger partial charge in [-0.05, 0) is 42.1 Å². The van der Waals surface area contributed by atoms with Crippen LogP contribution in [0.1, 0.15) is 13.3 Å². The number of amides is 1. The molecule has 0 bridgehead atoms. The van der Waals surface area contributed by atoms with Gasteiger partial charge in [-0.25, -0.2) is 0 Å². The molecule has 0 aliphatic heterocycles. The lowest BCUT2D eigenvalue weighted by Gasteiger charge is -2.17. The molecular weight excluding hydrogens is 398 g/mol. The molecule has 7 heteroatoms. The number of carbonyl (C=O) groups is 1. The number of rotatable bonds is 7. The molecule has 1 atom stereocenters. The van der Waals surface area contributed by atoms with E-state index in [1.54, 1.807) is 7.11 Å². The number of carbonyl (C=O) groups excluding carboxylic acids is 1. The molecule has 1 aromatic heterocycles. The summed E-state index contributed by atoms with van der Waals surface area (Å²) in [6.07, 6.45) is -0.108. The molecule has 6 nitrogen and oxygen atoms in total. The SMILES string of the molecule is CCC(Oc1cccc2ccccc12)C(=O)Nc1nnc(-c2ccc(OC)cc2)s1. The molecular formula is C23H21N3O3S. The van der Waals surface area contributed by atoms with Crippen molar-refractivity contribution in [2.24, 2.45) is 0 Å². The number of anilines is 1. The monoisotopic (exact) mass is 419 g/mol. The lowest BCUT2D eigenvalue weighted by molar-refractivity contribution is -0.122. The molecule has 0 fully saturated rings. The topological polar surface area (TPSA) is 73.3 Å². The Morgan fingerprint density at radius 3 is 2.57 bits per heavy atom. The molecule has 0 saturated heterocycles. The van der Waals surface area contributed by atoms with Crippen molar-refractivity contribution in [2.45, 2.75) is 19.4 Å². The fourth-order valence-corrected chi connectivity index (χ4v) is 3.84. The molecule has 1 N–H and O–H groups in total. The maximum atomic E-state index is 12.8. The van der Waals surface area contributed by atoms with Gasteiger partial charge in [0.15, 0.2) is 6.10 Å². The van der Waals surface area contributed by atoms with Gasteiger partial charge in [0.05, 0.1) is 7.11 Å². The van der Waals surface area contributed by atoms with Gasteiger partial charge in [-0.15, -0.1) is 10.2 Å². The van der Waals surface area contributed by atoms with Crippen LogP contribution in [0.3, 0.4) is 0 Å². The third kappa shape index (κ3) is 4.26. The zero-order valence-electron chi connectivity index (χ0n) is 16.7. The quantitative estimate of drug-likeness (QED) is 0.448. The van der Waals surface area contributed by atoms with Crippen molar-refractivity contribution in [1.82, 2.24) is 10.2 Å². The van der Waals surface area contributed by atoms with Crippen LogP contribution in [-0.2, 0) is 4.79 Å². The zero-order chi connectivity index (χ0) is 20.9. The van der Waals surface area contributed by atoms with Gasteiger partial charge in [0.1, 0.15) is 16.5 Å². The molecule has 4 aromatic rings. The Hall–Kier alpha value is -3.45. The van der Waals surface area contributed by atoms with Crippen LogP contribution in [0, 0.1) is 0 Å². The van der Waals surface area contributed by atoms with Crippen molar-refractivity contribution in [1.29, 1.82) is 0 Å². The summed E-state index contributed by atoms with van der Waals surface area (Å²) in [5.41, 5.74) is 0.910. The summed E-state index contributed by atoms with van der Waals surface area (Å²) in [5, 5.41) is 14.3. The Morgan fingerprint density at radius 2 is 1.80 bits per heavy atom. The summed E-state index contributed by atoms with van der Waals surface area (Å²) in [4.78, 5) is 12.8. The van der Waals surface area contributed by atoms with E-state index in [-0.39, 0.29) is 5.91 Å². The maximum absolute atomic E-state index is 12.8. The van der Waals surface area contributed by atoms with E-state index in [0.717, 1.165) is 27.1 Å². The molecule has 4 rings (SSSR count). The van der Waals surface area contributed by atoms with Crippen molar-refractivity contribution in [3.8, 4) is 22.1 Å². The van der Waals surface area contributed by atoms with Crippen LogP contribution in [0.5, 0.6) is 11.5 Å². The van der Waals surface area contributed by atoms with Gasteiger partial charge < -0.3 is 9.47 Å². The van der Waals surface area contributed by atoms with E-state index >= 15 is 0 Å². The third-order valence-electron chi connectivity index (χ3n) is 4.67. The van der Waals surface area contributed by atoms with E-state index in [1.807, 2.05) is 73.7 Å². The van der Waals surface area contributed by atoms with Crippen LogP contribution in [0.4, 0.5) is 5.13 Å². The lowest BCUT2D eigenvalue weighted by Crippen LogP contribution is -2.32. The van der Waals surface area contributed by atoms with Crippen molar-refractivity contribution in [2.75, 3.05) is 12.4 Å². The molecule has 30 heavy (non-hydrogen) atoms. The van der Waals surface area contributed by atoms with E-state index in [2.05, 4.69) is 15.5 Å². The Bertz CT molecular complexity index is 1150. The number of nitrogens with one attached hydrogen (secondary N) is 1. The van der Waals surface area contributed by atoms with E-state index in [0.29, 0.717) is 17.3 Å². The molecule has 1 unspecified atom stereocenters. The zero-order valence-corrected chi connectivity index (χ0v) is 17.5. The maximum Gasteiger partial charge on any atom is 0.267 e. The molecule has 0 saturated carbocycles. The Morgan fingerprint density at radius 1 is 1.03 bits per heavy atom. The predicted molar refractivity (Wildman–Crippen MR) is 119 cm³/mol. The number of nitrogens with zero attached hydrogens (tertiary/aromatic N) is 2. The van der Waals surface area contributed by atoms with Crippen LogP contribution in [0.2, 0.25) is 0 Å². The molecule has 1 heterocycles. The minimum absolute atomic E-state index is 0.247. The third-order valence-corrected chi connectivity index (χ3v) is 5.56. The highest BCUT2D eigenvalue weighted by Crippen LogP contribution is 2.29. The van der Waals surface area contributed by atoms with Crippen LogP contribution >= 0.6 is 11.3 Å². The molecule has 152 valence electrons. The number of hydrogen-bond acceptors (Lipinski definition) is 6. The highest BCUT2D eigenvalue weighted by atomic mass is 32.1. The van der Waals surface area contributed by atoms with Crippen molar-refractivity contribution in [3.63, 3.8) is 0 Å². The molecule has 0 radical (unpaired) electrons. The van der Waals surface area contributed by atoms with Gasteiger partial charge in [-0.2, -0.15) is 0 Å². The van der Waals surface area contributed by atoms with Gasteiger partial charge in [-0.3, -0.25) is 10.1 Å². The Labute approximate surface area is 178 Å². The number of aromatic nitrogens is 2. The van der Waals surface area contributed by atoms with E-state index < -0.39 is 6.10 Å². The summed E-state index contributed by atoms with van der Waals surface area (Å²) in [7, 11) is 1.62. The number of ether oxygens (including phenoxy) is 2. The van der Waals surface area contributed by atoms with Crippen molar-refractivity contribution in [3.05, 3.63) is 66.7 Å². The molecule has 0 aliphatic rings. The van der Waals surface area contributed by atoms with Gasteiger partial charge in [0.25, 0.3) is 5.91 Å². The number of methoxy groups -OCH3 is 1. The van der Waals surface area contributed by atoms with E-state index in [9.17, 15) is 4.79 Å². The Balaban J connectivity index is 1.47. The molecule has 0 aliphatic carbocycles. The molecule has 0 spiro atoms. The van der Waals surface area contributed by atoms with Crippen molar-refractivity contribution >= 4 is 33.1 Å².